The summed E-state index contributed by atoms with van der Waals surface area (Å²) in [6.45, 7) is 0.912. The molecule has 3 atom stereocenters. The Morgan fingerprint density at radius 2 is 1.93 bits per heavy atom. The van der Waals surface area contributed by atoms with E-state index in [2.05, 4.69) is 0 Å². The molecule has 2 aliphatic heterocycles. The zero-order valence-corrected chi connectivity index (χ0v) is 16.4. The number of rotatable bonds is 4. The van der Waals surface area contributed by atoms with Crippen molar-refractivity contribution in [1.29, 1.82) is 0 Å². The maximum absolute atomic E-state index is 12.7. The number of methoxy groups -OCH3 is 1. The quantitative estimate of drug-likeness (QED) is 0.804. The monoisotopic (exact) mass is 388 g/mol. The Kier molecular flexibility index (Phi) is 4.60. The van der Waals surface area contributed by atoms with Crippen molar-refractivity contribution in [3.05, 3.63) is 64.1 Å². The van der Waals surface area contributed by atoms with Crippen molar-refractivity contribution in [3.63, 3.8) is 0 Å². The van der Waals surface area contributed by atoms with Gasteiger partial charge < -0.3 is 9.30 Å². The van der Waals surface area contributed by atoms with E-state index in [0.29, 0.717) is 19.5 Å². The Balaban J connectivity index is 1.77. The first-order valence-corrected chi connectivity index (χ1v) is 11.0. The average molecular weight is 388 g/mol. The number of pyridine rings is 1. The molecular formula is C20H24N2O4S. The Morgan fingerprint density at radius 1 is 1.15 bits per heavy atom. The number of ether oxygens (including phenoxy) is 1. The van der Waals surface area contributed by atoms with Gasteiger partial charge in [-0.3, -0.25) is 4.79 Å². The molecule has 6 nitrogen and oxygen atoms in total. The summed E-state index contributed by atoms with van der Waals surface area (Å²) in [5.41, 5.74) is 2.01. The first-order chi connectivity index (χ1) is 12.9. The predicted molar refractivity (Wildman–Crippen MR) is 104 cm³/mol. The standard InChI is InChI=1S/C20H24N2O4S/c1-26-17-6-3-5-14(9-17)10-19-16-11-15(12-21(13-16)27(2,24)25)18-7-4-8-20(23)22(18)19/h3-9,15-16,19H,10-13H2,1-2H3/t15-,16+,19+/m1/s1. The fourth-order valence-electron chi connectivity index (χ4n) is 4.57. The first kappa shape index (κ1) is 18.3. The highest BCUT2D eigenvalue weighted by Gasteiger charge is 2.42. The molecule has 2 aromatic rings. The van der Waals surface area contributed by atoms with Crippen molar-refractivity contribution in [2.45, 2.75) is 24.8 Å². The van der Waals surface area contributed by atoms with Gasteiger partial charge in [0.25, 0.3) is 5.56 Å². The second kappa shape index (κ2) is 6.80. The molecular weight excluding hydrogens is 364 g/mol. The Bertz CT molecular complexity index is 1010. The molecule has 4 rings (SSSR count). The second-order valence-corrected chi connectivity index (χ2v) is 9.54. The van der Waals surface area contributed by atoms with Crippen LogP contribution in [0, 0.1) is 5.92 Å². The molecule has 0 spiro atoms. The van der Waals surface area contributed by atoms with Crippen LogP contribution in [-0.4, -0.2) is 43.7 Å². The van der Waals surface area contributed by atoms with Crippen molar-refractivity contribution >= 4 is 10.0 Å². The van der Waals surface area contributed by atoms with Gasteiger partial charge in [0.05, 0.1) is 13.4 Å². The molecule has 0 radical (unpaired) electrons. The van der Waals surface area contributed by atoms with Gasteiger partial charge in [-0.05, 0) is 42.5 Å². The van der Waals surface area contributed by atoms with Crippen LogP contribution in [-0.2, 0) is 16.4 Å². The molecule has 1 fully saturated rings. The van der Waals surface area contributed by atoms with E-state index in [1.807, 2.05) is 34.9 Å². The van der Waals surface area contributed by atoms with Gasteiger partial charge in [0.1, 0.15) is 5.75 Å². The van der Waals surface area contributed by atoms with E-state index in [-0.39, 0.29) is 23.4 Å². The minimum absolute atomic E-state index is 0.0112. The number of hydrogen-bond donors (Lipinski definition) is 0. The molecule has 3 heterocycles. The smallest absolute Gasteiger partial charge is 0.251 e. The lowest BCUT2D eigenvalue weighted by Gasteiger charge is -2.46. The fraction of sp³-hybridized carbons (Fsp3) is 0.450. The second-order valence-electron chi connectivity index (χ2n) is 7.55. The van der Waals surface area contributed by atoms with E-state index in [1.165, 1.54) is 6.26 Å². The van der Waals surface area contributed by atoms with Gasteiger partial charge >= 0.3 is 0 Å². The van der Waals surface area contributed by atoms with Crippen LogP contribution in [0.3, 0.4) is 0 Å². The van der Waals surface area contributed by atoms with Gasteiger partial charge in [-0.25, -0.2) is 12.7 Å². The first-order valence-electron chi connectivity index (χ1n) is 9.16. The molecule has 0 aliphatic carbocycles. The minimum atomic E-state index is -3.26. The third-order valence-electron chi connectivity index (χ3n) is 5.81. The zero-order chi connectivity index (χ0) is 19.2. The topological polar surface area (TPSA) is 68.6 Å². The van der Waals surface area contributed by atoms with E-state index in [9.17, 15) is 13.2 Å². The van der Waals surface area contributed by atoms with E-state index >= 15 is 0 Å². The van der Waals surface area contributed by atoms with Crippen LogP contribution in [0.5, 0.6) is 5.75 Å². The number of benzene rings is 1. The van der Waals surface area contributed by atoms with E-state index in [1.54, 1.807) is 23.5 Å². The van der Waals surface area contributed by atoms with Crippen LogP contribution in [0.15, 0.2) is 47.3 Å². The van der Waals surface area contributed by atoms with E-state index in [0.717, 1.165) is 23.4 Å². The van der Waals surface area contributed by atoms with Crippen LogP contribution >= 0.6 is 0 Å². The number of nitrogens with zero attached hydrogens (tertiary/aromatic N) is 2. The summed E-state index contributed by atoms with van der Waals surface area (Å²) in [5.74, 6) is 0.953. The van der Waals surface area contributed by atoms with Crippen LogP contribution < -0.4 is 10.3 Å². The number of fused-ring (bicyclic) bond motifs is 4. The fourth-order valence-corrected chi connectivity index (χ4v) is 5.49. The lowest BCUT2D eigenvalue weighted by molar-refractivity contribution is 0.142. The van der Waals surface area contributed by atoms with Crippen LogP contribution in [0.1, 0.15) is 29.6 Å². The zero-order valence-electron chi connectivity index (χ0n) is 15.5. The van der Waals surface area contributed by atoms with Gasteiger partial charge in [-0.1, -0.05) is 18.2 Å². The molecule has 1 aromatic carbocycles. The summed E-state index contributed by atoms with van der Waals surface area (Å²) in [6.07, 6.45) is 2.84. The summed E-state index contributed by atoms with van der Waals surface area (Å²) in [6, 6.07) is 13.1. The number of hydrogen-bond acceptors (Lipinski definition) is 4. The SMILES string of the molecule is COc1cccc(C[C@H]2[C@H]3C[C@H](CN(S(C)(=O)=O)C3)c3cccc(=O)n32)c1. The van der Waals surface area contributed by atoms with Crippen molar-refractivity contribution in [3.8, 4) is 5.75 Å². The lowest BCUT2D eigenvalue weighted by Crippen LogP contribution is -2.51. The van der Waals surface area contributed by atoms with E-state index < -0.39 is 10.0 Å². The number of aromatic nitrogens is 1. The largest absolute Gasteiger partial charge is 0.497 e. The summed E-state index contributed by atoms with van der Waals surface area (Å²) in [5, 5.41) is 0. The van der Waals surface area contributed by atoms with Crippen LogP contribution in [0.2, 0.25) is 0 Å². The predicted octanol–water partition coefficient (Wildman–Crippen LogP) is 2.02. The molecule has 0 unspecified atom stereocenters. The molecule has 0 amide bonds. The van der Waals surface area contributed by atoms with Gasteiger partial charge in [-0.15, -0.1) is 0 Å². The Morgan fingerprint density at radius 3 is 2.67 bits per heavy atom. The van der Waals surface area contributed by atoms with Gasteiger partial charge in [0, 0.05) is 36.8 Å². The summed E-state index contributed by atoms with van der Waals surface area (Å²) in [4.78, 5) is 12.7. The third-order valence-corrected chi connectivity index (χ3v) is 7.05. The molecule has 2 aliphatic rings. The van der Waals surface area contributed by atoms with Crippen LogP contribution in [0.25, 0.3) is 0 Å². The molecule has 2 bridgehead atoms. The Labute approximate surface area is 159 Å². The van der Waals surface area contributed by atoms with Crippen molar-refractivity contribution in [2.24, 2.45) is 5.92 Å². The van der Waals surface area contributed by atoms with Crippen molar-refractivity contribution < 1.29 is 13.2 Å². The minimum Gasteiger partial charge on any atom is -0.497 e. The molecule has 144 valence electrons. The number of piperidine rings is 1. The lowest BCUT2D eigenvalue weighted by atomic mass is 9.77. The van der Waals surface area contributed by atoms with Crippen molar-refractivity contribution in [1.82, 2.24) is 8.87 Å². The maximum atomic E-state index is 12.7. The van der Waals surface area contributed by atoms with Crippen molar-refractivity contribution in [2.75, 3.05) is 26.5 Å². The Hall–Kier alpha value is -2.12. The van der Waals surface area contributed by atoms with Gasteiger partial charge in [0.2, 0.25) is 10.0 Å². The van der Waals surface area contributed by atoms with Crippen LogP contribution in [0.4, 0.5) is 0 Å². The molecule has 0 saturated carbocycles. The molecule has 1 saturated heterocycles. The number of sulfonamides is 1. The summed E-state index contributed by atoms with van der Waals surface area (Å²) >= 11 is 0. The summed E-state index contributed by atoms with van der Waals surface area (Å²) < 4.78 is 33.2. The molecule has 7 heteroatoms. The van der Waals surface area contributed by atoms with Gasteiger partial charge in [0.15, 0.2) is 0 Å². The van der Waals surface area contributed by atoms with Gasteiger partial charge in [-0.2, -0.15) is 0 Å². The molecule has 0 N–H and O–H groups in total. The maximum Gasteiger partial charge on any atom is 0.251 e. The highest BCUT2D eigenvalue weighted by Crippen LogP contribution is 2.43. The summed E-state index contributed by atoms with van der Waals surface area (Å²) in [7, 11) is -1.63. The molecule has 1 aromatic heterocycles. The highest BCUT2D eigenvalue weighted by molar-refractivity contribution is 7.88. The van der Waals surface area contributed by atoms with E-state index in [4.69, 9.17) is 4.74 Å². The average Bonchev–Trinajstić information content (AvgIpc) is 2.64. The third kappa shape index (κ3) is 3.41. The molecule has 27 heavy (non-hydrogen) atoms. The highest BCUT2D eigenvalue weighted by atomic mass is 32.2. The normalized spacial score (nSPS) is 25.0.